The van der Waals surface area contributed by atoms with Crippen molar-refractivity contribution in [1.29, 1.82) is 0 Å². The molecule has 1 unspecified atom stereocenters. The van der Waals surface area contributed by atoms with Crippen LogP contribution < -0.4 is 0 Å². The van der Waals surface area contributed by atoms with Gasteiger partial charge in [-0.2, -0.15) is 4.31 Å². The molecule has 2 rings (SSSR count). The van der Waals surface area contributed by atoms with Crippen LogP contribution in [0.25, 0.3) is 0 Å². The number of carboxylic acids is 1. The number of esters is 1. The number of carbonyl (C=O) groups is 2. The van der Waals surface area contributed by atoms with Crippen LogP contribution in [0.2, 0.25) is 0 Å². The van der Waals surface area contributed by atoms with Gasteiger partial charge in [0.15, 0.2) is 0 Å². The molecule has 0 spiro atoms. The van der Waals surface area contributed by atoms with Crippen LogP contribution in [-0.2, 0) is 19.6 Å². The second-order valence-electron chi connectivity index (χ2n) is 4.86. The second kappa shape index (κ2) is 6.45. The van der Waals surface area contributed by atoms with E-state index in [9.17, 15) is 18.0 Å². The number of carboxylic acid groups (broad SMARTS) is 1. The molecule has 1 aliphatic rings. The fourth-order valence-corrected chi connectivity index (χ4v) is 4.04. The molecule has 1 aromatic rings. The number of sulfonamides is 1. The molecule has 0 amide bonds. The van der Waals surface area contributed by atoms with Crippen molar-refractivity contribution < 1.29 is 27.9 Å². The van der Waals surface area contributed by atoms with Gasteiger partial charge in [-0.1, -0.05) is 0 Å². The highest BCUT2D eigenvalue weighted by molar-refractivity contribution is 7.89. The molecule has 1 N–H and O–H groups in total. The molecule has 1 heterocycles. The zero-order valence-electron chi connectivity index (χ0n) is 12.1. The standard InChI is InChI=1S/C14H17NO6S/c1-2-21-14(18)10-5-7-11(8-6-10)22(19,20)15-9-3-4-12(15)13(16)17/h5-8,12H,2-4,9H2,1H3,(H,16,17). The van der Waals surface area contributed by atoms with Gasteiger partial charge < -0.3 is 9.84 Å². The molecule has 1 aliphatic heterocycles. The average Bonchev–Trinajstić information content (AvgIpc) is 2.98. The average molecular weight is 327 g/mol. The second-order valence-corrected chi connectivity index (χ2v) is 6.75. The van der Waals surface area contributed by atoms with Crippen molar-refractivity contribution in [2.24, 2.45) is 0 Å². The van der Waals surface area contributed by atoms with Crippen LogP contribution in [-0.4, -0.2) is 49.0 Å². The zero-order chi connectivity index (χ0) is 16.3. The van der Waals surface area contributed by atoms with E-state index in [1.54, 1.807) is 6.92 Å². The lowest BCUT2D eigenvalue weighted by Crippen LogP contribution is -2.40. The predicted octanol–water partition coefficient (Wildman–Crippen LogP) is 1.10. The minimum Gasteiger partial charge on any atom is -0.480 e. The Morgan fingerprint density at radius 1 is 1.32 bits per heavy atom. The van der Waals surface area contributed by atoms with Gasteiger partial charge in [-0.3, -0.25) is 4.79 Å². The van der Waals surface area contributed by atoms with Gasteiger partial charge in [0.25, 0.3) is 0 Å². The summed E-state index contributed by atoms with van der Waals surface area (Å²) in [6.45, 7) is 2.09. The Hall–Kier alpha value is -1.93. The summed E-state index contributed by atoms with van der Waals surface area (Å²) in [5.74, 6) is -1.68. The maximum Gasteiger partial charge on any atom is 0.338 e. The fraction of sp³-hybridized carbons (Fsp3) is 0.429. The van der Waals surface area contributed by atoms with Crippen LogP contribution >= 0.6 is 0 Å². The van der Waals surface area contributed by atoms with Gasteiger partial charge in [-0.25, -0.2) is 13.2 Å². The van der Waals surface area contributed by atoms with Crippen molar-refractivity contribution in [2.75, 3.05) is 13.2 Å². The number of carbonyl (C=O) groups excluding carboxylic acids is 1. The molecule has 22 heavy (non-hydrogen) atoms. The van der Waals surface area contributed by atoms with Crippen molar-refractivity contribution in [3.05, 3.63) is 29.8 Å². The zero-order valence-corrected chi connectivity index (χ0v) is 12.9. The Kier molecular flexibility index (Phi) is 4.82. The van der Waals surface area contributed by atoms with Crippen LogP contribution in [0.3, 0.4) is 0 Å². The van der Waals surface area contributed by atoms with E-state index in [0.29, 0.717) is 12.8 Å². The summed E-state index contributed by atoms with van der Waals surface area (Å²) >= 11 is 0. The van der Waals surface area contributed by atoms with Crippen molar-refractivity contribution in [2.45, 2.75) is 30.7 Å². The monoisotopic (exact) mass is 327 g/mol. The van der Waals surface area contributed by atoms with Gasteiger partial charge in [0.05, 0.1) is 17.1 Å². The highest BCUT2D eigenvalue weighted by Crippen LogP contribution is 2.26. The van der Waals surface area contributed by atoms with E-state index in [0.717, 1.165) is 4.31 Å². The Labute approximate surface area is 128 Å². The third-order valence-corrected chi connectivity index (χ3v) is 5.38. The third kappa shape index (κ3) is 3.12. The van der Waals surface area contributed by atoms with Gasteiger partial charge in [0.1, 0.15) is 6.04 Å². The fourth-order valence-electron chi connectivity index (χ4n) is 2.39. The molecule has 8 heteroatoms. The maximum atomic E-state index is 12.5. The first-order chi connectivity index (χ1) is 10.4. The molecule has 1 saturated heterocycles. The smallest absolute Gasteiger partial charge is 0.338 e. The van der Waals surface area contributed by atoms with Crippen molar-refractivity contribution in [3.63, 3.8) is 0 Å². The molecular formula is C14H17NO6S. The van der Waals surface area contributed by atoms with Gasteiger partial charge in [-0.05, 0) is 44.0 Å². The first kappa shape index (κ1) is 16.4. The first-order valence-electron chi connectivity index (χ1n) is 6.89. The Morgan fingerprint density at radius 2 is 1.95 bits per heavy atom. The highest BCUT2D eigenvalue weighted by Gasteiger charge is 2.39. The van der Waals surface area contributed by atoms with Gasteiger partial charge in [-0.15, -0.1) is 0 Å². The topological polar surface area (TPSA) is 101 Å². The molecule has 7 nitrogen and oxygen atoms in total. The summed E-state index contributed by atoms with van der Waals surface area (Å²) in [7, 11) is -3.89. The number of aliphatic carboxylic acids is 1. The molecule has 0 radical (unpaired) electrons. The Bertz CT molecular complexity index is 667. The van der Waals surface area contributed by atoms with Crippen molar-refractivity contribution >= 4 is 22.0 Å². The maximum absolute atomic E-state index is 12.5. The highest BCUT2D eigenvalue weighted by atomic mass is 32.2. The number of hydrogen-bond acceptors (Lipinski definition) is 5. The number of rotatable bonds is 5. The van der Waals surface area contributed by atoms with Crippen molar-refractivity contribution in [1.82, 2.24) is 4.31 Å². The molecule has 1 atom stereocenters. The molecule has 0 bridgehead atoms. The minimum absolute atomic E-state index is 0.0336. The Morgan fingerprint density at radius 3 is 2.50 bits per heavy atom. The van der Waals surface area contributed by atoms with Crippen LogP contribution in [0.1, 0.15) is 30.1 Å². The summed E-state index contributed by atoms with van der Waals surface area (Å²) in [6.07, 6.45) is 0.812. The van der Waals surface area contributed by atoms with Crippen molar-refractivity contribution in [3.8, 4) is 0 Å². The third-order valence-electron chi connectivity index (χ3n) is 3.46. The summed E-state index contributed by atoms with van der Waals surface area (Å²) in [5.41, 5.74) is 0.247. The number of hydrogen-bond donors (Lipinski definition) is 1. The largest absolute Gasteiger partial charge is 0.480 e. The first-order valence-corrected chi connectivity index (χ1v) is 8.33. The lowest BCUT2D eigenvalue weighted by Gasteiger charge is -2.21. The Balaban J connectivity index is 2.26. The molecule has 0 aliphatic carbocycles. The van der Waals surface area contributed by atoms with Crippen LogP contribution in [0.15, 0.2) is 29.2 Å². The number of benzene rings is 1. The van der Waals surface area contributed by atoms with E-state index in [1.807, 2.05) is 0 Å². The molecule has 1 aromatic carbocycles. The lowest BCUT2D eigenvalue weighted by molar-refractivity contribution is -0.140. The summed E-state index contributed by atoms with van der Waals surface area (Å²) in [4.78, 5) is 22.6. The predicted molar refractivity (Wildman–Crippen MR) is 76.9 cm³/mol. The van der Waals surface area contributed by atoms with Gasteiger partial charge in [0.2, 0.25) is 10.0 Å². The van der Waals surface area contributed by atoms with Gasteiger partial charge >= 0.3 is 11.9 Å². The summed E-state index contributed by atoms with van der Waals surface area (Å²) < 4.78 is 30.8. The van der Waals surface area contributed by atoms with Crippen LogP contribution in [0.5, 0.6) is 0 Å². The number of ether oxygens (including phenoxy) is 1. The van der Waals surface area contributed by atoms with E-state index in [2.05, 4.69) is 0 Å². The molecule has 0 aromatic heterocycles. The molecular weight excluding hydrogens is 310 g/mol. The summed E-state index contributed by atoms with van der Waals surface area (Å²) in [6, 6.07) is 4.26. The normalized spacial score (nSPS) is 19.0. The van der Waals surface area contributed by atoms with E-state index in [-0.39, 0.29) is 23.6 Å². The van der Waals surface area contributed by atoms with Crippen LogP contribution in [0.4, 0.5) is 0 Å². The number of nitrogens with zero attached hydrogens (tertiary/aromatic N) is 1. The van der Waals surface area contributed by atoms with Crippen LogP contribution in [0, 0.1) is 0 Å². The van der Waals surface area contributed by atoms with E-state index >= 15 is 0 Å². The van der Waals surface area contributed by atoms with E-state index in [4.69, 9.17) is 9.84 Å². The quantitative estimate of drug-likeness (QED) is 0.813. The molecule has 1 fully saturated rings. The minimum atomic E-state index is -3.89. The SMILES string of the molecule is CCOC(=O)c1ccc(S(=O)(=O)N2CCCC2C(=O)O)cc1. The summed E-state index contributed by atoms with van der Waals surface area (Å²) in [5, 5.41) is 9.10. The molecule has 0 saturated carbocycles. The molecule has 120 valence electrons. The van der Waals surface area contributed by atoms with E-state index < -0.39 is 28.0 Å². The van der Waals surface area contributed by atoms with Gasteiger partial charge in [0, 0.05) is 6.54 Å². The van der Waals surface area contributed by atoms with E-state index in [1.165, 1.54) is 24.3 Å². The lowest BCUT2D eigenvalue weighted by atomic mass is 10.2.